The molecule has 2 aromatic heterocycles. The second-order valence-corrected chi connectivity index (χ2v) is 6.80. The van der Waals surface area contributed by atoms with E-state index < -0.39 is 0 Å². The number of rotatable bonds is 6. The molecule has 0 spiro atoms. The van der Waals surface area contributed by atoms with E-state index in [0.717, 1.165) is 39.3 Å². The van der Waals surface area contributed by atoms with Gasteiger partial charge in [0.15, 0.2) is 5.65 Å². The Morgan fingerprint density at radius 1 is 1.19 bits per heavy atom. The molecule has 1 aromatic carbocycles. The number of aryl methyl sites for hydroxylation is 4. The molecule has 0 saturated heterocycles. The summed E-state index contributed by atoms with van der Waals surface area (Å²) < 4.78 is 7.14. The Bertz CT molecular complexity index is 992. The smallest absolute Gasteiger partial charge is 0.220 e. The van der Waals surface area contributed by atoms with Crippen LogP contribution in [0.15, 0.2) is 24.3 Å². The number of aromatic nitrogens is 3. The minimum absolute atomic E-state index is 0.0164. The molecule has 1 N–H and O–H groups in total. The zero-order valence-electron chi connectivity index (χ0n) is 16.6. The molecule has 1 amide bonds. The Balaban J connectivity index is 1.69. The van der Waals surface area contributed by atoms with Crippen LogP contribution in [0.2, 0.25) is 0 Å². The summed E-state index contributed by atoms with van der Waals surface area (Å²) in [5.41, 5.74) is 6.09. The first-order valence-electron chi connectivity index (χ1n) is 9.10. The van der Waals surface area contributed by atoms with Gasteiger partial charge in [-0.1, -0.05) is 18.2 Å². The Labute approximate surface area is 159 Å². The van der Waals surface area contributed by atoms with Gasteiger partial charge in [0.1, 0.15) is 5.75 Å². The molecule has 27 heavy (non-hydrogen) atoms. The maximum atomic E-state index is 12.4. The van der Waals surface area contributed by atoms with Gasteiger partial charge in [0, 0.05) is 36.7 Å². The molecule has 0 aliphatic heterocycles. The van der Waals surface area contributed by atoms with Crippen LogP contribution in [0.3, 0.4) is 0 Å². The molecule has 3 aromatic rings. The lowest BCUT2D eigenvalue weighted by atomic mass is 9.99. The minimum atomic E-state index is 0.0164. The number of amides is 1. The third-order valence-electron chi connectivity index (χ3n) is 5.00. The summed E-state index contributed by atoms with van der Waals surface area (Å²) in [6.45, 7) is 6.54. The van der Waals surface area contributed by atoms with E-state index in [1.807, 2.05) is 49.8 Å². The molecule has 0 saturated carbocycles. The van der Waals surface area contributed by atoms with Gasteiger partial charge in [-0.05, 0) is 44.4 Å². The number of hydrogen-bond donors (Lipinski definition) is 1. The van der Waals surface area contributed by atoms with Crippen molar-refractivity contribution < 1.29 is 9.53 Å². The number of para-hydroxylation sites is 1. The Morgan fingerprint density at radius 3 is 2.67 bits per heavy atom. The maximum absolute atomic E-state index is 12.4. The minimum Gasteiger partial charge on any atom is -0.496 e. The lowest BCUT2D eigenvalue weighted by Crippen LogP contribution is -2.23. The van der Waals surface area contributed by atoms with Crippen molar-refractivity contribution in [2.24, 2.45) is 7.05 Å². The fraction of sp³-hybridized carbons (Fsp3) is 0.381. The highest BCUT2D eigenvalue weighted by Gasteiger charge is 2.16. The lowest BCUT2D eigenvalue weighted by molar-refractivity contribution is -0.121. The van der Waals surface area contributed by atoms with Crippen molar-refractivity contribution in [1.82, 2.24) is 20.1 Å². The van der Waals surface area contributed by atoms with Crippen molar-refractivity contribution in [3.05, 3.63) is 52.3 Å². The Morgan fingerprint density at radius 2 is 1.93 bits per heavy atom. The van der Waals surface area contributed by atoms with E-state index in [4.69, 9.17) is 9.72 Å². The number of benzene rings is 1. The van der Waals surface area contributed by atoms with Crippen LogP contribution in [0.4, 0.5) is 0 Å². The SMILES string of the molecule is COc1ccccc1CNC(=O)CCc1c(C)nc2c(c(C)nn2C)c1C. The van der Waals surface area contributed by atoms with E-state index >= 15 is 0 Å². The second-order valence-electron chi connectivity index (χ2n) is 6.80. The zero-order chi connectivity index (χ0) is 19.6. The van der Waals surface area contributed by atoms with Crippen LogP contribution in [-0.2, 0) is 24.8 Å². The van der Waals surface area contributed by atoms with Crippen molar-refractivity contribution in [3.8, 4) is 5.75 Å². The molecule has 0 bridgehead atoms. The lowest BCUT2D eigenvalue weighted by Gasteiger charge is -2.12. The third kappa shape index (κ3) is 3.79. The Hall–Kier alpha value is -2.89. The number of nitrogens with zero attached hydrogens (tertiary/aromatic N) is 3. The van der Waals surface area contributed by atoms with Crippen molar-refractivity contribution in [2.45, 2.75) is 40.2 Å². The summed E-state index contributed by atoms with van der Waals surface area (Å²) in [4.78, 5) is 17.1. The van der Waals surface area contributed by atoms with E-state index in [0.29, 0.717) is 19.4 Å². The number of carbonyl (C=O) groups excluding carboxylic acids is 1. The van der Waals surface area contributed by atoms with Gasteiger partial charge in [-0.25, -0.2) is 4.98 Å². The highest BCUT2D eigenvalue weighted by molar-refractivity contribution is 5.84. The molecule has 0 fully saturated rings. The van der Waals surface area contributed by atoms with Crippen LogP contribution in [0.5, 0.6) is 5.75 Å². The molecular weight excluding hydrogens is 340 g/mol. The van der Waals surface area contributed by atoms with Crippen molar-refractivity contribution in [3.63, 3.8) is 0 Å². The quantitative estimate of drug-likeness (QED) is 0.728. The largest absolute Gasteiger partial charge is 0.496 e. The monoisotopic (exact) mass is 366 g/mol. The number of carbonyl (C=O) groups is 1. The highest BCUT2D eigenvalue weighted by Crippen LogP contribution is 2.26. The van der Waals surface area contributed by atoms with E-state index in [9.17, 15) is 4.79 Å². The summed E-state index contributed by atoms with van der Waals surface area (Å²) in [6.07, 6.45) is 1.08. The van der Waals surface area contributed by atoms with Crippen molar-refractivity contribution in [1.29, 1.82) is 0 Å². The van der Waals surface area contributed by atoms with Gasteiger partial charge in [-0.2, -0.15) is 5.10 Å². The third-order valence-corrected chi connectivity index (χ3v) is 5.00. The second kappa shape index (κ2) is 7.78. The predicted octanol–water partition coefficient (Wildman–Crippen LogP) is 3.15. The summed E-state index contributed by atoms with van der Waals surface area (Å²) in [7, 11) is 3.54. The predicted molar refractivity (Wildman–Crippen MR) is 106 cm³/mol. The number of methoxy groups -OCH3 is 1. The summed E-state index contributed by atoms with van der Waals surface area (Å²) >= 11 is 0. The fourth-order valence-electron chi connectivity index (χ4n) is 3.60. The topological polar surface area (TPSA) is 69.0 Å². The van der Waals surface area contributed by atoms with Crippen molar-refractivity contribution >= 4 is 16.9 Å². The van der Waals surface area contributed by atoms with Crippen LogP contribution >= 0.6 is 0 Å². The molecule has 6 nitrogen and oxygen atoms in total. The average molecular weight is 366 g/mol. The summed E-state index contributed by atoms with van der Waals surface area (Å²) in [5.74, 6) is 0.800. The first kappa shape index (κ1) is 18.9. The molecule has 0 unspecified atom stereocenters. The summed E-state index contributed by atoms with van der Waals surface area (Å²) in [5, 5.41) is 8.54. The highest BCUT2D eigenvalue weighted by atomic mass is 16.5. The van der Waals surface area contributed by atoms with Gasteiger partial charge < -0.3 is 10.1 Å². The van der Waals surface area contributed by atoms with Crippen LogP contribution < -0.4 is 10.1 Å². The molecule has 0 aliphatic carbocycles. The molecule has 6 heteroatoms. The van der Waals surface area contributed by atoms with Crippen molar-refractivity contribution in [2.75, 3.05) is 7.11 Å². The number of nitrogens with one attached hydrogen (secondary N) is 1. The molecular formula is C21H26N4O2. The molecule has 2 heterocycles. The molecule has 142 valence electrons. The van der Waals surface area contributed by atoms with Crippen LogP contribution in [0.25, 0.3) is 11.0 Å². The first-order valence-corrected chi connectivity index (χ1v) is 9.10. The van der Waals surface area contributed by atoms with Crippen LogP contribution in [0.1, 0.15) is 34.5 Å². The summed E-state index contributed by atoms with van der Waals surface area (Å²) in [6, 6.07) is 7.70. The van der Waals surface area contributed by atoms with Crippen LogP contribution in [0, 0.1) is 20.8 Å². The van der Waals surface area contributed by atoms with Gasteiger partial charge in [-0.15, -0.1) is 0 Å². The first-order chi connectivity index (χ1) is 12.9. The van der Waals surface area contributed by atoms with Gasteiger partial charge >= 0.3 is 0 Å². The standard InChI is InChI=1S/C21H26N4O2/c1-13-17(14(2)23-21-20(13)15(3)24-25(21)4)10-11-19(26)22-12-16-8-6-7-9-18(16)27-5/h6-9H,10-12H2,1-5H3,(H,22,26). The Kier molecular flexibility index (Phi) is 5.44. The van der Waals surface area contributed by atoms with E-state index in [1.165, 1.54) is 5.56 Å². The van der Waals surface area contributed by atoms with Gasteiger partial charge in [-0.3, -0.25) is 9.48 Å². The number of fused-ring (bicyclic) bond motifs is 1. The van der Waals surface area contributed by atoms with E-state index in [-0.39, 0.29) is 5.91 Å². The van der Waals surface area contributed by atoms with Gasteiger partial charge in [0.2, 0.25) is 5.91 Å². The zero-order valence-corrected chi connectivity index (χ0v) is 16.6. The number of ether oxygens (including phenoxy) is 1. The number of hydrogen-bond acceptors (Lipinski definition) is 4. The van der Waals surface area contributed by atoms with Crippen LogP contribution in [-0.4, -0.2) is 27.8 Å². The average Bonchev–Trinajstić information content (AvgIpc) is 2.93. The normalized spacial score (nSPS) is 11.0. The maximum Gasteiger partial charge on any atom is 0.220 e. The molecule has 0 atom stereocenters. The number of pyridine rings is 1. The van der Waals surface area contributed by atoms with Gasteiger partial charge in [0.25, 0.3) is 0 Å². The fourth-order valence-corrected chi connectivity index (χ4v) is 3.60. The van der Waals surface area contributed by atoms with E-state index in [1.54, 1.807) is 7.11 Å². The molecule has 0 radical (unpaired) electrons. The molecule has 3 rings (SSSR count). The van der Waals surface area contributed by atoms with E-state index in [2.05, 4.69) is 17.3 Å². The van der Waals surface area contributed by atoms with Gasteiger partial charge in [0.05, 0.1) is 12.8 Å². The molecule has 0 aliphatic rings.